The van der Waals surface area contributed by atoms with Crippen molar-refractivity contribution in [3.63, 3.8) is 0 Å². The zero-order chi connectivity index (χ0) is 14.0. The maximum atomic E-state index is 5.72. The van der Waals surface area contributed by atoms with Gasteiger partial charge < -0.3 is 0 Å². The predicted molar refractivity (Wildman–Crippen MR) is 81.2 cm³/mol. The van der Waals surface area contributed by atoms with Crippen LogP contribution in [-0.2, 0) is 5.41 Å². The van der Waals surface area contributed by atoms with Crippen molar-refractivity contribution < 1.29 is 0 Å². The van der Waals surface area contributed by atoms with Crippen molar-refractivity contribution in [1.82, 2.24) is 10.4 Å². The van der Waals surface area contributed by atoms with Crippen molar-refractivity contribution in [1.29, 1.82) is 0 Å². The van der Waals surface area contributed by atoms with Gasteiger partial charge in [0.15, 0.2) is 0 Å². The Balaban J connectivity index is 2.33. The average Bonchev–Trinajstić information content (AvgIpc) is 2.76. The Hall–Kier alpha value is -1.23. The van der Waals surface area contributed by atoms with Gasteiger partial charge in [-0.05, 0) is 23.5 Å². The van der Waals surface area contributed by atoms with Crippen molar-refractivity contribution >= 4 is 11.3 Å². The fourth-order valence-corrected chi connectivity index (χ4v) is 2.97. The topological polar surface area (TPSA) is 50.9 Å². The monoisotopic (exact) mass is 275 g/mol. The highest BCUT2D eigenvalue weighted by Crippen LogP contribution is 2.29. The number of hydrazine groups is 1. The van der Waals surface area contributed by atoms with Crippen molar-refractivity contribution in [2.45, 2.75) is 39.2 Å². The van der Waals surface area contributed by atoms with Crippen molar-refractivity contribution in [3.05, 3.63) is 51.5 Å². The van der Waals surface area contributed by atoms with Gasteiger partial charge in [-0.15, -0.1) is 11.3 Å². The fraction of sp³-hybridized carbons (Fsp3) is 0.400. The highest BCUT2D eigenvalue weighted by atomic mass is 32.1. The lowest BCUT2D eigenvalue weighted by Gasteiger charge is -2.21. The van der Waals surface area contributed by atoms with E-state index in [4.69, 9.17) is 5.84 Å². The lowest BCUT2D eigenvalue weighted by Crippen LogP contribution is -2.28. The third-order valence-corrected chi connectivity index (χ3v) is 4.32. The molecule has 19 heavy (non-hydrogen) atoms. The van der Waals surface area contributed by atoms with Crippen LogP contribution in [0.2, 0.25) is 0 Å². The molecule has 1 atom stereocenters. The number of hydrogen-bond donors (Lipinski definition) is 2. The van der Waals surface area contributed by atoms with Crippen LogP contribution >= 0.6 is 11.3 Å². The van der Waals surface area contributed by atoms with Crippen LogP contribution < -0.4 is 11.3 Å². The molecule has 0 fully saturated rings. The Morgan fingerprint density at radius 2 is 1.84 bits per heavy atom. The number of benzene rings is 1. The molecule has 1 unspecified atom stereocenters. The van der Waals surface area contributed by atoms with Crippen molar-refractivity contribution in [2.75, 3.05) is 0 Å². The maximum absolute atomic E-state index is 5.72. The van der Waals surface area contributed by atoms with E-state index in [-0.39, 0.29) is 11.5 Å². The highest BCUT2D eigenvalue weighted by molar-refractivity contribution is 7.09. The Bertz CT molecular complexity index is 537. The number of rotatable bonds is 3. The number of nitrogens with zero attached hydrogens (tertiary/aromatic N) is 1. The molecule has 1 aromatic carbocycles. The zero-order valence-electron chi connectivity index (χ0n) is 11.9. The van der Waals surface area contributed by atoms with Crippen LogP contribution in [0.1, 0.15) is 48.5 Å². The van der Waals surface area contributed by atoms with Crippen LogP contribution in [0.3, 0.4) is 0 Å². The summed E-state index contributed by atoms with van der Waals surface area (Å²) in [6.45, 7) is 8.66. The molecule has 3 N–H and O–H groups in total. The van der Waals surface area contributed by atoms with Crippen LogP contribution in [0.4, 0.5) is 0 Å². The van der Waals surface area contributed by atoms with Crippen LogP contribution in [-0.4, -0.2) is 4.98 Å². The van der Waals surface area contributed by atoms with Gasteiger partial charge in [-0.3, -0.25) is 5.84 Å². The molecule has 0 aliphatic heterocycles. The second kappa shape index (κ2) is 5.41. The molecule has 2 aromatic rings. The van der Waals surface area contributed by atoms with E-state index in [2.05, 4.69) is 55.4 Å². The van der Waals surface area contributed by atoms with E-state index >= 15 is 0 Å². The molecule has 3 nitrogen and oxygen atoms in total. The first-order chi connectivity index (χ1) is 8.93. The maximum Gasteiger partial charge on any atom is 0.0821 e. The summed E-state index contributed by atoms with van der Waals surface area (Å²) >= 11 is 1.63. The van der Waals surface area contributed by atoms with Crippen LogP contribution in [0.25, 0.3) is 0 Å². The molecular weight excluding hydrogens is 254 g/mol. The normalized spacial score (nSPS) is 13.5. The zero-order valence-corrected chi connectivity index (χ0v) is 12.7. The largest absolute Gasteiger partial charge is 0.271 e. The minimum absolute atomic E-state index is 0.0153. The quantitative estimate of drug-likeness (QED) is 0.667. The summed E-state index contributed by atoms with van der Waals surface area (Å²) in [7, 11) is 0. The van der Waals surface area contributed by atoms with Gasteiger partial charge in [-0.1, -0.05) is 45.0 Å². The molecule has 1 aromatic heterocycles. The van der Waals surface area contributed by atoms with Gasteiger partial charge in [0.25, 0.3) is 0 Å². The Morgan fingerprint density at radius 3 is 2.26 bits per heavy atom. The molecular formula is C15H21N3S. The van der Waals surface area contributed by atoms with E-state index in [0.29, 0.717) is 0 Å². The van der Waals surface area contributed by atoms with Gasteiger partial charge in [0.1, 0.15) is 0 Å². The minimum atomic E-state index is 0.0153. The lowest BCUT2D eigenvalue weighted by molar-refractivity contribution is 0.588. The molecule has 2 rings (SSSR count). The molecule has 0 amide bonds. The molecule has 0 radical (unpaired) electrons. The Kier molecular flexibility index (Phi) is 4.04. The summed E-state index contributed by atoms with van der Waals surface area (Å²) in [4.78, 5) is 5.46. The number of aromatic nitrogens is 1. The summed E-state index contributed by atoms with van der Waals surface area (Å²) < 4.78 is 0. The van der Waals surface area contributed by atoms with Gasteiger partial charge in [0.05, 0.1) is 22.1 Å². The van der Waals surface area contributed by atoms with E-state index in [1.165, 1.54) is 16.0 Å². The Labute approximate surface area is 118 Å². The minimum Gasteiger partial charge on any atom is -0.271 e. The molecule has 0 saturated carbocycles. The van der Waals surface area contributed by atoms with Gasteiger partial charge in [-0.25, -0.2) is 10.4 Å². The number of thiazole rings is 1. The molecule has 0 aliphatic rings. The van der Waals surface area contributed by atoms with Gasteiger partial charge in [-0.2, -0.15) is 0 Å². The summed E-state index contributed by atoms with van der Waals surface area (Å²) in [5.74, 6) is 5.72. The number of hydrogen-bond acceptors (Lipinski definition) is 4. The first-order valence-corrected chi connectivity index (χ1v) is 7.28. The fourth-order valence-electron chi connectivity index (χ4n) is 2.09. The Morgan fingerprint density at radius 1 is 1.21 bits per heavy atom. The van der Waals surface area contributed by atoms with Gasteiger partial charge in [0, 0.05) is 0 Å². The first-order valence-electron chi connectivity index (χ1n) is 6.40. The third kappa shape index (κ3) is 3.03. The SMILES string of the molecule is Cc1ncsc1C(NN)c1ccc(C(C)(C)C)cc1. The molecule has 102 valence electrons. The summed E-state index contributed by atoms with van der Waals surface area (Å²) in [5.41, 5.74) is 8.45. The predicted octanol–water partition coefficient (Wildman–Crippen LogP) is 3.30. The van der Waals surface area contributed by atoms with E-state index in [1.54, 1.807) is 11.3 Å². The molecule has 0 saturated heterocycles. The number of aryl methyl sites for hydroxylation is 1. The molecule has 4 heteroatoms. The van der Waals surface area contributed by atoms with Gasteiger partial charge in [0.2, 0.25) is 0 Å². The van der Waals surface area contributed by atoms with E-state index < -0.39 is 0 Å². The first kappa shape index (κ1) is 14.2. The van der Waals surface area contributed by atoms with Crippen LogP contribution in [0.5, 0.6) is 0 Å². The third-order valence-electron chi connectivity index (χ3n) is 3.32. The van der Waals surface area contributed by atoms with Crippen LogP contribution in [0.15, 0.2) is 29.8 Å². The second-order valence-electron chi connectivity index (χ2n) is 5.77. The molecule has 1 heterocycles. The van der Waals surface area contributed by atoms with Crippen molar-refractivity contribution in [3.8, 4) is 0 Å². The standard InChI is InChI=1S/C15H21N3S/c1-10-14(19-9-17-10)13(18-16)11-5-7-12(8-6-11)15(2,3)4/h5-9,13,18H,16H2,1-4H3. The summed E-state index contributed by atoms with van der Waals surface area (Å²) in [6.07, 6.45) is 0. The number of nitrogens with two attached hydrogens (primary N) is 1. The van der Waals surface area contributed by atoms with Crippen molar-refractivity contribution in [2.24, 2.45) is 5.84 Å². The summed E-state index contributed by atoms with van der Waals surface area (Å²) in [5, 5.41) is 0. The van der Waals surface area contributed by atoms with Crippen LogP contribution in [0, 0.1) is 6.92 Å². The molecule has 0 aliphatic carbocycles. The van der Waals surface area contributed by atoms with E-state index in [9.17, 15) is 0 Å². The molecule has 0 bridgehead atoms. The summed E-state index contributed by atoms with van der Waals surface area (Å²) in [6, 6.07) is 8.65. The second-order valence-corrected chi connectivity index (χ2v) is 6.66. The highest BCUT2D eigenvalue weighted by Gasteiger charge is 2.18. The van der Waals surface area contributed by atoms with E-state index in [0.717, 1.165) is 5.69 Å². The smallest absolute Gasteiger partial charge is 0.0821 e. The molecule has 0 spiro atoms. The average molecular weight is 275 g/mol. The lowest BCUT2D eigenvalue weighted by atomic mass is 9.86. The number of nitrogens with one attached hydrogen (secondary N) is 1. The van der Waals surface area contributed by atoms with E-state index in [1.807, 2.05) is 12.4 Å². The van der Waals surface area contributed by atoms with Gasteiger partial charge >= 0.3 is 0 Å².